The molecule has 4 bridgehead atoms. The number of hydrogen-bond acceptors (Lipinski definition) is 3. The summed E-state index contributed by atoms with van der Waals surface area (Å²) in [6, 6.07) is 62.1. The van der Waals surface area contributed by atoms with Gasteiger partial charge in [0.25, 0.3) is 0 Å². The van der Waals surface area contributed by atoms with Crippen LogP contribution in [0.5, 0.6) is 0 Å². The van der Waals surface area contributed by atoms with Gasteiger partial charge >= 0.3 is 0 Å². The third kappa shape index (κ3) is 5.22. The highest BCUT2D eigenvalue weighted by Crippen LogP contribution is 2.68. The van der Waals surface area contributed by atoms with Crippen LogP contribution in [0.1, 0.15) is 68.2 Å². The van der Waals surface area contributed by atoms with Gasteiger partial charge in [0.15, 0.2) is 17.5 Å². The Morgan fingerprint density at radius 1 is 0.403 bits per heavy atom. The number of fused-ring (bicyclic) bond motifs is 5. The molecule has 0 radical (unpaired) electrons. The van der Waals surface area contributed by atoms with Gasteiger partial charge in [-0.1, -0.05) is 147 Å². The van der Waals surface area contributed by atoms with Gasteiger partial charge in [0.05, 0.1) is 11.0 Å². The van der Waals surface area contributed by atoms with E-state index in [4.69, 9.17) is 15.0 Å². The maximum Gasteiger partial charge on any atom is 0.164 e. The molecule has 4 saturated carbocycles. The van der Waals surface area contributed by atoms with E-state index in [2.05, 4.69) is 188 Å². The first-order valence-corrected chi connectivity index (χ1v) is 22.7. The molecule has 9 aromatic rings. The highest BCUT2D eigenvalue weighted by molar-refractivity contribution is 6.09. The average Bonchev–Trinajstić information content (AvgIpc) is 3.66. The average molecular weight is 801 g/mol. The first-order valence-electron chi connectivity index (χ1n) is 22.7. The van der Waals surface area contributed by atoms with Crippen LogP contribution in [0.25, 0.3) is 72.8 Å². The second kappa shape index (κ2) is 13.4. The first kappa shape index (κ1) is 36.0. The van der Waals surface area contributed by atoms with Gasteiger partial charge < -0.3 is 4.57 Å². The van der Waals surface area contributed by atoms with E-state index < -0.39 is 0 Å². The molecule has 300 valence electrons. The van der Waals surface area contributed by atoms with Crippen molar-refractivity contribution in [2.75, 3.05) is 0 Å². The minimum absolute atomic E-state index is 0.0222. The predicted octanol–water partition coefficient (Wildman–Crippen LogP) is 14.0. The number of nitrogens with zero attached hydrogens (tertiary/aromatic N) is 4. The summed E-state index contributed by atoms with van der Waals surface area (Å²) >= 11 is 0. The van der Waals surface area contributed by atoms with Crippen LogP contribution < -0.4 is 0 Å². The second-order valence-corrected chi connectivity index (χ2v) is 19.3. The summed E-state index contributed by atoms with van der Waals surface area (Å²) in [5.41, 5.74) is 14.9. The van der Waals surface area contributed by atoms with Crippen LogP contribution in [0.2, 0.25) is 0 Å². The molecule has 0 atom stereocenters. The van der Waals surface area contributed by atoms with Crippen LogP contribution in [0, 0.1) is 23.7 Å². The number of rotatable bonds is 5. The Morgan fingerprint density at radius 2 is 0.903 bits per heavy atom. The topological polar surface area (TPSA) is 43.6 Å². The molecule has 0 aliphatic heterocycles. The van der Waals surface area contributed by atoms with Crippen LogP contribution in [-0.4, -0.2) is 19.5 Å². The maximum atomic E-state index is 5.37. The van der Waals surface area contributed by atoms with Crippen molar-refractivity contribution in [3.8, 4) is 51.0 Å². The molecule has 1 spiro atoms. The second-order valence-electron chi connectivity index (χ2n) is 19.3. The molecular formula is C58H48N4. The molecule has 2 aromatic heterocycles. The predicted molar refractivity (Wildman–Crippen MR) is 252 cm³/mol. The fourth-order valence-corrected chi connectivity index (χ4v) is 13.2. The Hall–Kier alpha value is -6.65. The lowest BCUT2D eigenvalue weighted by molar-refractivity contribution is -0.0443. The molecule has 4 fully saturated rings. The van der Waals surface area contributed by atoms with Crippen molar-refractivity contribution in [1.29, 1.82) is 0 Å². The third-order valence-corrected chi connectivity index (χ3v) is 15.7. The van der Waals surface area contributed by atoms with Crippen molar-refractivity contribution in [2.24, 2.45) is 23.7 Å². The normalized spacial score (nSPS) is 22.9. The van der Waals surface area contributed by atoms with Crippen molar-refractivity contribution < 1.29 is 0 Å². The van der Waals surface area contributed by atoms with E-state index in [-0.39, 0.29) is 10.8 Å². The highest BCUT2D eigenvalue weighted by atomic mass is 15.0. The van der Waals surface area contributed by atoms with Crippen molar-refractivity contribution in [3.63, 3.8) is 0 Å². The molecule has 4 nitrogen and oxygen atoms in total. The van der Waals surface area contributed by atoms with Gasteiger partial charge in [0.1, 0.15) is 0 Å². The Morgan fingerprint density at radius 3 is 1.56 bits per heavy atom. The van der Waals surface area contributed by atoms with E-state index in [1.165, 1.54) is 70.6 Å². The monoisotopic (exact) mass is 800 g/mol. The summed E-state index contributed by atoms with van der Waals surface area (Å²) in [4.78, 5) is 15.9. The molecule has 0 N–H and O–H groups in total. The number of aromatic nitrogens is 4. The standard InChI is InChI=1S/C58H48N4/c1-57(2)48-19-8-9-20-50(48)58(43-30-36-29-37(32-43)33-44(58)31-36)51-35-42(25-28-49(51)57)56-60-54(39-13-4-3-5-14-39)59-55(61-56)41-16-12-15-40(34-41)38-23-26-45(27-24-38)62-52-21-10-6-17-46(52)47-18-7-11-22-53(47)62/h3-28,34-37,43-44H,29-33H2,1-2H3. The maximum absolute atomic E-state index is 5.37. The fraction of sp³-hybridized carbons (Fsp3) is 0.224. The largest absolute Gasteiger partial charge is 0.309 e. The molecule has 5 aliphatic carbocycles. The van der Waals surface area contributed by atoms with Crippen LogP contribution in [0.4, 0.5) is 0 Å². The quantitative estimate of drug-likeness (QED) is 0.174. The van der Waals surface area contributed by atoms with Gasteiger partial charge in [-0.2, -0.15) is 0 Å². The highest BCUT2D eigenvalue weighted by Gasteiger charge is 2.62. The van der Waals surface area contributed by atoms with Crippen molar-refractivity contribution in [3.05, 3.63) is 192 Å². The van der Waals surface area contributed by atoms with Crippen LogP contribution in [0.3, 0.4) is 0 Å². The van der Waals surface area contributed by atoms with Gasteiger partial charge in [-0.05, 0) is 126 Å². The Balaban J connectivity index is 0.930. The molecule has 14 rings (SSSR count). The zero-order valence-electron chi connectivity index (χ0n) is 35.3. The summed E-state index contributed by atoms with van der Waals surface area (Å²) in [6.45, 7) is 4.87. The van der Waals surface area contributed by atoms with Crippen molar-refractivity contribution in [1.82, 2.24) is 19.5 Å². The number of hydrogen-bond donors (Lipinski definition) is 0. The van der Waals surface area contributed by atoms with E-state index >= 15 is 0 Å². The third-order valence-electron chi connectivity index (χ3n) is 15.7. The van der Waals surface area contributed by atoms with Gasteiger partial charge in [-0.25, -0.2) is 15.0 Å². The van der Waals surface area contributed by atoms with Crippen molar-refractivity contribution in [2.45, 2.75) is 56.8 Å². The molecule has 0 unspecified atom stereocenters. The molecule has 5 aliphatic rings. The minimum atomic E-state index is -0.105. The zero-order valence-corrected chi connectivity index (χ0v) is 35.3. The lowest BCUT2D eigenvalue weighted by Crippen LogP contribution is -2.58. The van der Waals surface area contributed by atoms with E-state index in [1.54, 1.807) is 5.56 Å². The number of para-hydroxylation sites is 2. The SMILES string of the molecule is CC1(C)c2ccccc2C2(c3cc(-c4nc(-c5ccccc5)nc(-c5cccc(-c6ccc(-n7c8ccccc8c8ccccc87)cc6)c5)n4)ccc31)C1CC3CC(C1)CC2C3. The molecule has 4 heteroatoms. The molecule has 62 heavy (non-hydrogen) atoms. The number of benzene rings is 7. The van der Waals surface area contributed by atoms with Gasteiger partial charge in [-0.3, -0.25) is 0 Å². The molecule has 2 heterocycles. The van der Waals surface area contributed by atoms with Crippen LogP contribution in [-0.2, 0) is 10.8 Å². The van der Waals surface area contributed by atoms with E-state index in [1.807, 2.05) is 0 Å². The van der Waals surface area contributed by atoms with Crippen LogP contribution >= 0.6 is 0 Å². The molecule has 0 saturated heterocycles. The smallest absolute Gasteiger partial charge is 0.164 e. The summed E-state index contributed by atoms with van der Waals surface area (Å²) in [5, 5.41) is 2.53. The van der Waals surface area contributed by atoms with Gasteiger partial charge in [0.2, 0.25) is 0 Å². The Kier molecular flexibility index (Phi) is 7.80. The van der Waals surface area contributed by atoms with Crippen molar-refractivity contribution >= 4 is 21.8 Å². The molecule has 7 aromatic carbocycles. The van der Waals surface area contributed by atoms with E-state index in [9.17, 15) is 0 Å². The van der Waals surface area contributed by atoms with Gasteiger partial charge in [0, 0.05) is 44.0 Å². The molecule has 0 amide bonds. The summed E-state index contributed by atoms with van der Waals surface area (Å²) < 4.78 is 2.37. The van der Waals surface area contributed by atoms with E-state index in [0.717, 1.165) is 51.2 Å². The summed E-state index contributed by atoms with van der Waals surface area (Å²) in [5.74, 6) is 5.20. The fourth-order valence-electron chi connectivity index (χ4n) is 13.2. The van der Waals surface area contributed by atoms with Gasteiger partial charge in [-0.15, -0.1) is 0 Å². The molecular weight excluding hydrogens is 753 g/mol. The Labute approximate surface area is 363 Å². The van der Waals surface area contributed by atoms with Crippen LogP contribution in [0.15, 0.2) is 170 Å². The minimum Gasteiger partial charge on any atom is -0.309 e. The van der Waals surface area contributed by atoms with E-state index in [0.29, 0.717) is 23.5 Å². The lowest BCUT2D eigenvalue weighted by Gasteiger charge is -2.64. The summed E-state index contributed by atoms with van der Waals surface area (Å²) in [6.07, 6.45) is 6.82. The Bertz CT molecular complexity index is 3150. The zero-order chi connectivity index (χ0) is 41.2. The lowest BCUT2D eigenvalue weighted by atomic mass is 9.39. The first-order chi connectivity index (χ1) is 30.4. The summed E-state index contributed by atoms with van der Waals surface area (Å²) in [7, 11) is 0.